The number of aryl methyl sites for hydroxylation is 3. The first-order valence-corrected chi connectivity index (χ1v) is 13.8. The Labute approximate surface area is 231 Å². The minimum absolute atomic E-state index is 0.938. The number of hydrogen-bond acceptors (Lipinski definition) is 1. The predicted octanol–water partition coefficient (Wildman–Crippen LogP) is 7.32. The molecule has 3 aliphatic rings. The summed E-state index contributed by atoms with van der Waals surface area (Å²) < 4.78 is 2.37. The fourth-order valence-corrected chi connectivity index (χ4v) is 6.62. The fourth-order valence-electron chi connectivity index (χ4n) is 6.62. The highest BCUT2D eigenvalue weighted by molar-refractivity contribution is 6.16. The Morgan fingerprint density at radius 3 is 2.03 bits per heavy atom. The van der Waals surface area contributed by atoms with Crippen molar-refractivity contribution in [3.63, 3.8) is 0 Å². The van der Waals surface area contributed by atoms with Crippen LogP contribution in [0.3, 0.4) is 0 Å². The molecule has 1 aromatic heterocycles. The number of allylic oxidation sites excluding steroid dienone is 4. The zero-order chi connectivity index (χ0) is 26.7. The Kier molecular flexibility index (Phi) is 5.56. The van der Waals surface area contributed by atoms with Crippen molar-refractivity contribution in [2.75, 3.05) is 0 Å². The van der Waals surface area contributed by atoms with Crippen molar-refractivity contribution in [3.05, 3.63) is 152 Å². The standard InChI is InChI=1S/C36H31BN2/c1-22-16-23(2)35(24(3)17-22)36(32-13-12-31(38-32)29-18-25-8-4-5-9-26(25)19-29)34-15-14-33(39(34)37)30-20-27-10-6-7-11-28(27)21-30/h4-18,20H,19,21,37H2,1-3H3/b36-32+. The highest BCUT2D eigenvalue weighted by Crippen LogP contribution is 2.39. The average molecular weight is 502 g/mol. The van der Waals surface area contributed by atoms with Crippen LogP contribution >= 0.6 is 0 Å². The smallest absolute Gasteiger partial charge is 0.223 e. The number of fused-ring (bicyclic) bond motifs is 2. The second-order valence-corrected chi connectivity index (χ2v) is 11.1. The minimum atomic E-state index is 0.938. The summed E-state index contributed by atoms with van der Waals surface area (Å²) in [5.74, 6) is 0. The number of rotatable bonds is 4. The molecule has 0 amide bonds. The van der Waals surface area contributed by atoms with E-state index in [9.17, 15) is 0 Å². The van der Waals surface area contributed by atoms with Crippen molar-refractivity contribution in [3.8, 4) is 0 Å². The topological polar surface area (TPSA) is 17.3 Å². The van der Waals surface area contributed by atoms with Gasteiger partial charge >= 0.3 is 0 Å². The third-order valence-corrected chi connectivity index (χ3v) is 8.39. The zero-order valence-corrected chi connectivity index (χ0v) is 23.0. The van der Waals surface area contributed by atoms with Crippen LogP contribution in [0.5, 0.6) is 0 Å². The maximum absolute atomic E-state index is 5.28. The Morgan fingerprint density at radius 2 is 1.36 bits per heavy atom. The molecule has 0 saturated heterocycles. The monoisotopic (exact) mass is 502 g/mol. The van der Waals surface area contributed by atoms with Gasteiger partial charge in [-0.3, -0.25) is 0 Å². The molecular formula is C36H31BN2. The van der Waals surface area contributed by atoms with Crippen LogP contribution in [0.4, 0.5) is 0 Å². The number of aromatic nitrogens is 1. The molecule has 0 radical (unpaired) electrons. The zero-order valence-electron chi connectivity index (χ0n) is 23.0. The van der Waals surface area contributed by atoms with E-state index in [0.717, 1.165) is 24.3 Å². The molecule has 7 rings (SSSR count). The van der Waals surface area contributed by atoms with Gasteiger partial charge in [0.05, 0.1) is 11.4 Å². The molecule has 0 atom stereocenters. The van der Waals surface area contributed by atoms with E-state index >= 15 is 0 Å². The quantitative estimate of drug-likeness (QED) is 0.260. The van der Waals surface area contributed by atoms with Gasteiger partial charge < -0.3 is 4.48 Å². The van der Waals surface area contributed by atoms with E-state index < -0.39 is 0 Å². The largest absolute Gasteiger partial charge is 0.393 e. The van der Waals surface area contributed by atoms with Gasteiger partial charge in [0.2, 0.25) is 7.98 Å². The van der Waals surface area contributed by atoms with Crippen LogP contribution in [-0.4, -0.2) is 18.2 Å². The molecule has 0 unspecified atom stereocenters. The van der Waals surface area contributed by atoms with Crippen molar-refractivity contribution in [1.29, 1.82) is 0 Å². The molecule has 0 fully saturated rings. The van der Waals surface area contributed by atoms with E-state index in [1.165, 1.54) is 72.6 Å². The number of nitrogens with zero attached hydrogens (tertiary/aromatic N) is 2. The first-order chi connectivity index (χ1) is 19.0. The Morgan fingerprint density at radius 1 is 0.744 bits per heavy atom. The summed E-state index contributed by atoms with van der Waals surface area (Å²) in [5, 5.41) is 0. The van der Waals surface area contributed by atoms with Crippen LogP contribution in [0.25, 0.3) is 23.3 Å². The van der Waals surface area contributed by atoms with Crippen LogP contribution in [0.2, 0.25) is 0 Å². The van der Waals surface area contributed by atoms with Gasteiger partial charge in [0.1, 0.15) is 0 Å². The maximum atomic E-state index is 5.28. The number of hydrogen-bond donors (Lipinski definition) is 0. The Hall–Kier alpha value is -4.37. The lowest BCUT2D eigenvalue weighted by molar-refractivity contribution is 1.15. The van der Waals surface area contributed by atoms with Gasteiger partial charge in [-0.15, -0.1) is 0 Å². The SMILES string of the molecule is Bn1c(C2=Cc3ccccc3C2)ccc1/C(=C1/C=CC(C2=Cc3ccccc3C2)=N1)c1c(C)cc(C)cc1C. The minimum Gasteiger partial charge on any atom is -0.393 e. The molecule has 0 bridgehead atoms. The molecule has 1 aliphatic heterocycles. The molecular weight excluding hydrogens is 471 g/mol. The van der Waals surface area contributed by atoms with Crippen molar-refractivity contribution in [1.82, 2.24) is 4.48 Å². The van der Waals surface area contributed by atoms with E-state index in [-0.39, 0.29) is 0 Å². The van der Waals surface area contributed by atoms with E-state index in [0.29, 0.717) is 0 Å². The Bertz CT molecular complexity index is 1810. The van der Waals surface area contributed by atoms with Crippen LogP contribution in [0.15, 0.2) is 101 Å². The van der Waals surface area contributed by atoms with Gasteiger partial charge in [0.25, 0.3) is 0 Å². The molecule has 188 valence electrons. The van der Waals surface area contributed by atoms with Crippen LogP contribution in [-0.2, 0) is 12.8 Å². The summed E-state index contributed by atoms with van der Waals surface area (Å²) in [6.07, 6.45) is 11.0. The van der Waals surface area contributed by atoms with E-state index in [4.69, 9.17) is 4.99 Å². The van der Waals surface area contributed by atoms with Crippen molar-refractivity contribution >= 4 is 37.0 Å². The molecule has 0 spiro atoms. The van der Waals surface area contributed by atoms with E-state index in [2.05, 4.69) is 130 Å². The molecule has 0 saturated carbocycles. The lowest BCUT2D eigenvalue weighted by atomic mass is 9.90. The molecule has 2 aliphatic carbocycles. The summed E-state index contributed by atoms with van der Waals surface area (Å²) in [4.78, 5) is 5.28. The third-order valence-electron chi connectivity index (χ3n) is 8.39. The maximum Gasteiger partial charge on any atom is 0.223 e. The van der Waals surface area contributed by atoms with Crippen molar-refractivity contribution in [2.24, 2.45) is 4.99 Å². The molecule has 3 heteroatoms. The molecule has 2 heterocycles. The average Bonchev–Trinajstić information content (AvgIpc) is 3.71. The fraction of sp³-hybridized carbons (Fsp3) is 0.139. The lowest BCUT2D eigenvalue weighted by Crippen LogP contribution is -2.07. The molecule has 2 nitrogen and oxygen atoms in total. The van der Waals surface area contributed by atoms with E-state index in [1.807, 2.05) is 0 Å². The Balaban J connectivity index is 1.36. The molecule has 4 aromatic rings. The second kappa shape index (κ2) is 9.13. The van der Waals surface area contributed by atoms with Gasteiger partial charge in [-0.25, -0.2) is 4.99 Å². The molecule has 3 aromatic carbocycles. The van der Waals surface area contributed by atoms with Crippen molar-refractivity contribution in [2.45, 2.75) is 33.6 Å². The van der Waals surface area contributed by atoms with Gasteiger partial charge in [-0.1, -0.05) is 66.2 Å². The van der Waals surface area contributed by atoms with Crippen LogP contribution < -0.4 is 0 Å². The molecule has 0 N–H and O–H groups in total. The van der Waals surface area contributed by atoms with Crippen molar-refractivity contribution < 1.29 is 0 Å². The number of aliphatic imine (C=N–C) groups is 1. The highest BCUT2D eigenvalue weighted by Gasteiger charge is 2.24. The third kappa shape index (κ3) is 4.01. The van der Waals surface area contributed by atoms with Gasteiger partial charge in [0, 0.05) is 29.8 Å². The van der Waals surface area contributed by atoms with Gasteiger partial charge in [0.15, 0.2) is 0 Å². The lowest BCUT2D eigenvalue weighted by Gasteiger charge is -2.19. The second-order valence-electron chi connectivity index (χ2n) is 11.1. The summed E-state index contributed by atoms with van der Waals surface area (Å²) in [7, 11) is 2.20. The normalized spacial score (nSPS) is 16.6. The number of benzene rings is 3. The van der Waals surface area contributed by atoms with Crippen LogP contribution in [0.1, 0.15) is 55.9 Å². The van der Waals surface area contributed by atoms with E-state index in [1.54, 1.807) is 0 Å². The molecule has 39 heavy (non-hydrogen) atoms. The van der Waals surface area contributed by atoms with Gasteiger partial charge in [-0.2, -0.15) is 0 Å². The summed E-state index contributed by atoms with van der Waals surface area (Å²) >= 11 is 0. The predicted molar refractivity (Wildman–Crippen MR) is 168 cm³/mol. The van der Waals surface area contributed by atoms with Gasteiger partial charge in [-0.05, 0) is 107 Å². The first kappa shape index (κ1) is 23.7. The summed E-state index contributed by atoms with van der Waals surface area (Å²) in [6, 6.07) is 26.5. The highest BCUT2D eigenvalue weighted by atomic mass is 14.9. The first-order valence-electron chi connectivity index (χ1n) is 13.8. The summed E-state index contributed by atoms with van der Waals surface area (Å²) in [5.41, 5.74) is 19.0. The van der Waals surface area contributed by atoms with Crippen LogP contribution in [0, 0.1) is 20.8 Å². The summed E-state index contributed by atoms with van der Waals surface area (Å²) in [6.45, 7) is 6.64.